The van der Waals surface area contributed by atoms with Crippen molar-refractivity contribution in [3.8, 4) is 0 Å². The molecule has 0 fully saturated rings. The molecule has 0 unspecified atom stereocenters. The average Bonchev–Trinajstić information content (AvgIpc) is 3.18. The maximum atomic E-state index is 12.8. The molecule has 0 spiro atoms. The third-order valence-electron chi connectivity index (χ3n) is 5.00. The summed E-state index contributed by atoms with van der Waals surface area (Å²) in [4.78, 5) is 10.5. The number of benzene rings is 3. The van der Waals surface area contributed by atoms with Crippen LogP contribution in [0, 0.1) is 0 Å². The second-order valence-corrected chi connectivity index (χ2v) is 6.64. The van der Waals surface area contributed by atoms with Crippen molar-refractivity contribution in [3.63, 3.8) is 0 Å². The van der Waals surface area contributed by atoms with Crippen molar-refractivity contribution in [2.45, 2.75) is 0 Å². The van der Waals surface area contributed by atoms with Crippen LogP contribution in [0.4, 0.5) is 17.1 Å². The van der Waals surface area contributed by atoms with E-state index in [1.165, 1.54) is 0 Å². The predicted octanol–water partition coefficient (Wildman–Crippen LogP) is 0.839. The summed E-state index contributed by atoms with van der Waals surface area (Å²) in [7, 11) is 2.00. The van der Waals surface area contributed by atoms with Crippen molar-refractivity contribution in [1.29, 1.82) is 0 Å². The van der Waals surface area contributed by atoms with E-state index in [0.717, 1.165) is 43.6 Å². The van der Waals surface area contributed by atoms with E-state index >= 15 is 0 Å². The van der Waals surface area contributed by atoms with Gasteiger partial charge < -0.3 is 10.0 Å². The molecule has 2 aliphatic heterocycles. The first-order valence-corrected chi connectivity index (χ1v) is 8.78. The van der Waals surface area contributed by atoms with E-state index in [9.17, 15) is 5.11 Å². The van der Waals surface area contributed by atoms with Gasteiger partial charge in [-0.3, -0.25) is 0 Å². The average molecular weight is 350 g/mol. The fraction of sp³-hybridized carbons (Fsp3) is 0.0435. The van der Waals surface area contributed by atoms with Gasteiger partial charge in [-0.25, -0.2) is 9.98 Å². The third kappa shape index (κ3) is 2.54. The molecule has 0 aromatic heterocycles. The maximum absolute atomic E-state index is 12.8. The highest BCUT2D eigenvalue weighted by atomic mass is 16.3. The van der Waals surface area contributed by atoms with E-state index in [1.54, 1.807) is 6.34 Å². The molecule has 0 radical (unpaired) electrons. The molecule has 4 nitrogen and oxygen atoms in total. The Hall–Kier alpha value is -3.66. The highest BCUT2D eigenvalue weighted by molar-refractivity contribution is 5.83. The van der Waals surface area contributed by atoms with Crippen LogP contribution in [0.3, 0.4) is 0 Å². The zero-order valence-corrected chi connectivity index (χ0v) is 14.8. The van der Waals surface area contributed by atoms with Crippen LogP contribution >= 0.6 is 0 Å². The van der Waals surface area contributed by atoms with Crippen LogP contribution in [0.2, 0.25) is 0 Å². The Morgan fingerprint density at radius 2 is 1.67 bits per heavy atom. The summed E-state index contributed by atoms with van der Waals surface area (Å²) >= 11 is 0. The molecule has 2 heterocycles. The van der Waals surface area contributed by atoms with E-state index in [1.807, 2.05) is 61.6 Å². The van der Waals surface area contributed by atoms with Crippen LogP contribution in [-0.4, -0.2) is 13.4 Å². The molecule has 0 aliphatic carbocycles. The summed E-state index contributed by atoms with van der Waals surface area (Å²) in [5.41, 5.74) is 3.51. The van der Waals surface area contributed by atoms with Crippen LogP contribution in [-0.2, 0) is 0 Å². The van der Waals surface area contributed by atoms with Crippen molar-refractivity contribution < 1.29 is 5.11 Å². The molecule has 130 valence electrons. The van der Waals surface area contributed by atoms with E-state index in [0.29, 0.717) is 0 Å². The van der Waals surface area contributed by atoms with Gasteiger partial charge in [-0.2, -0.15) is 0 Å². The van der Waals surface area contributed by atoms with Gasteiger partial charge in [-0.1, -0.05) is 54.3 Å². The Bertz CT molecular complexity index is 1350. The molecule has 0 N–H and O–H groups in total. The summed E-state index contributed by atoms with van der Waals surface area (Å²) in [6.45, 7) is 0. The van der Waals surface area contributed by atoms with Crippen LogP contribution in [0.25, 0.3) is 17.9 Å². The molecule has 2 aliphatic rings. The molecule has 0 bridgehead atoms. The second-order valence-electron chi connectivity index (χ2n) is 6.64. The number of hydrogen-bond donors (Lipinski definition) is 0. The minimum atomic E-state index is 0.0782. The minimum Gasteiger partial charge on any atom is -0.872 e. The number of nitrogens with zero attached hydrogens (tertiary/aromatic N) is 3. The number of anilines is 2. The fourth-order valence-corrected chi connectivity index (χ4v) is 3.56. The number of fused-ring (bicyclic) bond motifs is 3. The van der Waals surface area contributed by atoms with E-state index in [-0.39, 0.29) is 5.76 Å². The van der Waals surface area contributed by atoms with E-state index in [2.05, 4.69) is 33.1 Å². The van der Waals surface area contributed by atoms with Crippen LogP contribution in [0.15, 0.2) is 70.6 Å². The van der Waals surface area contributed by atoms with Crippen LogP contribution < -0.4 is 31.0 Å². The Labute approximate surface area is 156 Å². The van der Waals surface area contributed by atoms with Gasteiger partial charge in [-0.05, 0) is 45.5 Å². The molecule has 3 aromatic carbocycles. The van der Waals surface area contributed by atoms with E-state index < -0.39 is 0 Å². The quantitative estimate of drug-likeness (QED) is 0.653. The summed E-state index contributed by atoms with van der Waals surface area (Å²) in [6, 6.07) is 19.7. The highest BCUT2D eigenvalue weighted by Gasteiger charge is 2.15. The Kier molecular flexibility index (Phi) is 3.44. The van der Waals surface area contributed by atoms with Crippen molar-refractivity contribution in [1.82, 2.24) is 0 Å². The number of aliphatic imine (C=N–C) groups is 1. The molecule has 0 saturated carbocycles. The molecule has 27 heavy (non-hydrogen) atoms. The van der Waals surface area contributed by atoms with Crippen LogP contribution in [0.5, 0.6) is 0 Å². The Balaban J connectivity index is 1.64. The zero-order chi connectivity index (χ0) is 18.4. The monoisotopic (exact) mass is 350 g/mol. The van der Waals surface area contributed by atoms with Gasteiger partial charge in [0.2, 0.25) is 0 Å². The lowest BCUT2D eigenvalue weighted by molar-refractivity contribution is -0.245. The van der Waals surface area contributed by atoms with Crippen molar-refractivity contribution >= 4 is 41.3 Å². The number of rotatable bonds is 1. The van der Waals surface area contributed by atoms with Gasteiger partial charge >= 0.3 is 0 Å². The van der Waals surface area contributed by atoms with Crippen molar-refractivity contribution in [2.75, 3.05) is 11.9 Å². The Morgan fingerprint density at radius 3 is 2.56 bits per heavy atom. The molecular weight excluding hydrogens is 334 g/mol. The zero-order valence-electron chi connectivity index (χ0n) is 14.8. The summed E-state index contributed by atoms with van der Waals surface area (Å²) in [5, 5.41) is 16.5. The van der Waals surface area contributed by atoms with Crippen molar-refractivity contribution in [3.05, 3.63) is 87.2 Å². The number of para-hydroxylation sites is 1. The summed E-state index contributed by atoms with van der Waals surface area (Å²) < 4.78 is 0. The molecule has 5 rings (SSSR count). The lowest BCUT2D eigenvalue weighted by atomic mass is 10.0. The van der Waals surface area contributed by atoms with Crippen molar-refractivity contribution in [2.24, 2.45) is 9.98 Å². The largest absolute Gasteiger partial charge is 0.872 e. The van der Waals surface area contributed by atoms with Crippen LogP contribution in [0.1, 0.15) is 5.56 Å². The minimum absolute atomic E-state index is 0.0782. The van der Waals surface area contributed by atoms with Gasteiger partial charge in [0, 0.05) is 18.4 Å². The standard InChI is InChI=1S/C23H17N3O/c1-26-21-5-3-2-4-17(21)23(27)18-10-8-16(13-22(18)26)7-6-15-9-11-19-20(12-15)25-14-24-19/h2-14,27H,1H3/p-1/b15-6+,16-7+. The maximum Gasteiger partial charge on any atom is 0.116 e. The van der Waals surface area contributed by atoms with Gasteiger partial charge in [0.1, 0.15) is 6.34 Å². The highest BCUT2D eigenvalue weighted by Crippen LogP contribution is 2.30. The topological polar surface area (TPSA) is 51.0 Å². The first kappa shape index (κ1) is 15.6. The van der Waals surface area contributed by atoms with Gasteiger partial charge in [0.05, 0.1) is 11.0 Å². The van der Waals surface area contributed by atoms with Gasteiger partial charge in [0.25, 0.3) is 0 Å². The predicted molar refractivity (Wildman–Crippen MR) is 107 cm³/mol. The molecular formula is C23H16N3O-. The number of hydrogen-bond acceptors (Lipinski definition) is 4. The SMILES string of the molecule is CN1c2ccccc2C([O-])=c2cc/c(=C\C=c3/ccc4c(c3)N=CN=4)cc21. The molecule has 3 aromatic rings. The molecule has 0 saturated heterocycles. The van der Waals surface area contributed by atoms with E-state index in [4.69, 9.17) is 0 Å². The first-order valence-electron chi connectivity index (χ1n) is 8.78. The first-order chi connectivity index (χ1) is 13.2. The summed E-state index contributed by atoms with van der Waals surface area (Å²) in [5.74, 6) is 0.0782. The molecule has 0 atom stereocenters. The molecule has 4 heteroatoms. The normalized spacial score (nSPS) is 15.4. The lowest BCUT2D eigenvalue weighted by Gasteiger charge is -2.31. The Morgan fingerprint density at radius 1 is 0.889 bits per heavy atom. The summed E-state index contributed by atoms with van der Waals surface area (Å²) in [6.07, 6.45) is 5.68. The lowest BCUT2D eigenvalue weighted by Crippen LogP contribution is -2.32. The fourth-order valence-electron chi connectivity index (χ4n) is 3.56. The van der Waals surface area contributed by atoms with Gasteiger partial charge in [0.15, 0.2) is 0 Å². The van der Waals surface area contributed by atoms with Gasteiger partial charge in [-0.15, -0.1) is 0 Å². The smallest absolute Gasteiger partial charge is 0.116 e. The molecule has 0 amide bonds. The third-order valence-corrected chi connectivity index (χ3v) is 5.00. The second kappa shape index (κ2) is 5.95.